The zero-order valence-corrected chi connectivity index (χ0v) is 13.5. The zero-order chi connectivity index (χ0) is 14.5. The first-order valence-electron chi connectivity index (χ1n) is 6.39. The van der Waals surface area contributed by atoms with Crippen molar-refractivity contribution in [1.29, 1.82) is 0 Å². The molecule has 0 aliphatic carbocycles. The third-order valence-corrected chi connectivity index (χ3v) is 5.00. The summed E-state index contributed by atoms with van der Waals surface area (Å²) in [5.41, 5.74) is 2.27. The number of aromatic nitrogens is 1. The van der Waals surface area contributed by atoms with Crippen molar-refractivity contribution in [2.45, 2.75) is 33.2 Å². The average Bonchev–Trinajstić information content (AvgIpc) is 3.01. The first-order chi connectivity index (χ1) is 9.58. The van der Waals surface area contributed by atoms with Crippen LogP contribution in [0.5, 0.6) is 0 Å². The summed E-state index contributed by atoms with van der Waals surface area (Å²) < 4.78 is 4.62. The summed E-state index contributed by atoms with van der Waals surface area (Å²) in [6.45, 7) is 5.06. The van der Waals surface area contributed by atoms with Crippen LogP contribution in [0.3, 0.4) is 0 Å². The van der Waals surface area contributed by atoms with Gasteiger partial charge in [-0.3, -0.25) is 4.79 Å². The minimum absolute atomic E-state index is 0.197. The molecule has 0 amide bonds. The summed E-state index contributed by atoms with van der Waals surface area (Å²) in [6, 6.07) is 2.21. The number of carbonyl (C=O) groups excluding carboxylic acids is 1. The number of thiophene rings is 1. The molecule has 0 saturated heterocycles. The minimum Gasteiger partial charge on any atom is -0.469 e. The lowest BCUT2D eigenvalue weighted by Crippen LogP contribution is -2.02. The van der Waals surface area contributed by atoms with Gasteiger partial charge in [0.1, 0.15) is 0 Å². The quantitative estimate of drug-likeness (QED) is 0.829. The molecular weight excluding hydrogens is 292 g/mol. The lowest BCUT2D eigenvalue weighted by Gasteiger charge is -1.99. The number of ether oxygens (including phenoxy) is 1. The topological polar surface area (TPSA) is 51.2 Å². The molecule has 0 spiro atoms. The van der Waals surface area contributed by atoms with Crippen LogP contribution in [-0.2, 0) is 22.5 Å². The summed E-state index contributed by atoms with van der Waals surface area (Å²) in [5.74, 6) is -0.197. The monoisotopic (exact) mass is 310 g/mol. The van der Waals surface area contributed by atoms with Gasteiger partial charge < -0.3 is 10.1 Å². The highest BCUT2D eigenvalue weighted by molar-refractivity contribution is 7.14. The Bertz CT molecular complexity index is 570. The van der Waals surface area contributed by atoms with E-state index in [4.69, 9.17) is 0 Å². The molecule has 0 atom stereocenters. The summed E-state index contributed by atoms with van der Waals surface area (Å²) in [4.78, 5) is 18.2. The van der Waals surface area contributed by atoms with Gasteiger partial charge >= 0.3 is 5.97 Å². The maximum atomic E-state index is 11.1. The van der Waals surface area contributed by atoms with Gasteiger partial charge in [0, 0.05) is 21.6 Å². The fourth-order valence-electron chi connectivity index (χ4n) is 1.73. The van der Waals surface area contributed by atoms with Gasteiger partial charge in [-0.25, -0.2) is 4.98 Å². The maximum Gasteiger partial charge on any atom is 0.305 e. The first-order valence-corrected chi connectivity index (χ1v) is 8.09. The van der Waals surface area contributed by atoms with E-state index >= 15 is 0 Å². The number of carbonyl (C=O) groups is 1. The molecule has 1 N–H and O–H groups in total. The molecule has 4 nitrogen and oxygen atoms in total. The molecule has 0 unspecified atom stereocenters. The summed E-state index contributed by atoms with van der Waals surface area (Å²) in [5, 5.41) is 6.20. The molecule has 0 aliphatic rings. The number of hydrogen-bond donors (Lipinski definition) is 1. The number of thiazole rings is 1. The third-order valence-electron chi connectivity index (χ3n) is 3.00. The molecule has 2 aromatic rings. The predicted octanol–water partition coefficient (Wildman–Crippen LogP) is 3.54. The van der Waals surface area contributed by atoms with Crippen molar-refractivity contribution in [3.8, 4) is 0 Å². The van der Waals surface area contributed by atoms with Crippen LogP contribution < -0.4 is 5.32 Å². The largest absolute Gasteiger partial charge is 0.469 e. The van der Waals surface area contributed by atoms with E-state index in [1.54, 1.807) is 11.3 Å². The van der Waals surface area contributed by atoms with Gasteiger partial charge in [-0.15, -0.1) is 22.7 Å². The summed E-state index contributed by atoms with van der Waals surface area (Å²) in [7, 11) is 1.40. The van der Waals surface area contributed by atoms with Crippen molar-refractivity contribution in [3.05, 3.63) is 32.5 Å². The van der Waals surface area contributed by atoms with E-state index in [-0.39, 0.29) is 5.97 Å². The highest BCUT2D eigenvalue weighted by Crippen LogP contribution is 2.23. The third kappa shape index (κ3) is 4.05. The normalized spacial score (nSPS) is 10.6. The molecule has 0 saturated carbocycles. The van der Waals surface area contributed by atoms with Crippen LogP contribution in [0, 0.1) is 13.8 Å². The Balaban J connectivity index is 1.85. The predicted molar refractivity (Wildman–Crippen MR) is 83.6 cm³/mol. The second-order valence-corrected chi connectivity index (χ2v) is 6.72. The fraction of sp³-hybridized carbons (Fsp3) is 0.429. The van der Waals surface area contributed by atoms with Crippen LogP contribution in [-0.4, -0.2) is 18.1 Å². The molecule has 2 aromatic heterocycles. The smallest absolute Gasteiger partial charge is 0.305 e. The molecule has 0 fully saturated rings. The Hall–Kier alpha value is -1.40. The van der Waals surface area contributed by atoms with Crippen LogP contribution in [0.4, 0.5) is 5.13 Å². The Morgan fingerprint density at radius 1 is 1.45 bits per heavy atom. The second kappa shape index (κ2) is 6.85. The Morgan fingerprint density at radius 2 is 2.25 bits per heavy atom. The molecule has 20 heavy (non-hydrogen) atoms. The van der Waals surface area contributed by atoms with Crippen LogP contribution in [0.25, 0.3) is 0 Å². The van der Waals surface area contributed by atoms with E-state index in [1.165, 1.54) is 22.4 Å². The van der Waals surface area contributed by atoms with Gasteiger partial charge in [0.15, 0.2) is 5.13 Å². The number of aryl methyl sites for hydroxylation is 3. The highest BCUT2D eigenvalue weighted by Gasteiger charge is 2.06. The van der Waals surface area contributed by atoms with E-state index in [0.717, 1.165) is 17.4 Å². The van der Waals surface area contributed by atoms with E-state index in [1.807, 2.05) is 16.7 Å². The van der Waals surface area contributed by atoms with Crippen LogP contribution in [0.2, 0.25) is 0 Å². The number of esters is 1. The van der Waals surface area contributed by atoms with Crippen molar-refractivity contribution < 1.29 is 9.53 Å². The molecule has 6 heteroatoms. The molecular formula is C14H18N2O2S2. The number of rotatable bonds is 6. The second-order valence-electron chi connectivity index (χ2n) is 4.53. The van der Waals surface area contributed by atoms with Crippen molar-refractivity contribution in [1.82, 2.24) is 4.98 Å². The van der Waals surface area contributed by atoms with Crippen molar-refractivity contribution in [3.63, 3.8) is 0 Å². The fourth-order valence-corrected chi connectivity index (χ4v) is 3.47. The minimum atomic E-state index is -0.197. The van der Waals surface area contributed by atoms with Gasteiger partial charge in [-0.05, 0) is 25.5 Å². The van der Waals surface area contributed by atoms with E-state index in [9.17, 15) is 4.79 Å². The Morgan fingerprint density at radius 3 is 2.90 bits per heavy atom. The van der Waals surface area contributed by atoms with E-state index in [0.29, 0.717) is 12.8 Å². The molecule has 108 valence electrons. The van der Waals surface area contributed by atoms with Gasteiger partial charge in [0.05, 0.1) is 25.8 Å². The number of nitrogens with zero attached hydrogens (tertiary/aromatic N) is 1. The van der Waals surface area contributed by atoms with Gasteiger partial charge in [0.2, 0.25) is 0 Å². The lowest BCUT2D eigenvalue weighted by atomic mass is 10.2. The Kier molecular flexibility index (Phi) is 5.14. The summed E-state index contributed by atoms with van der Waals surface area (Å²) in [6.07, 6.45) is 1.01. The van der Waals surface area contributed by atoms with Gasteiger partial charge in [0.25, 0.3) is 0 Å². The number of anilines is 1. The highest BCUT2D eigenvalue weighted by atomic mass is 32.1. The van der Waals surface area contributed by atoms with Crippen LogP contribution in [0.1, 0.15) is 27.4 Å². The van der Waals surface area contributed by atoms with Gasteiger partial charge in [-0.1, -0.05) is 0 Å². The maximum absolute atomic E-state index is 11.1. The summed E-state index contributed by atoms with van der Waals surface area (Å²) >= 11 is 3.38. The van der Waals surface area contributed by atoms with E-state index in [2.05, 4.69) is 35.0 Å². The van der Waals surface area contributed by atoms with Crippen LogP contribution in [0.15, 0.2) is 11.4 Å². The zero-order valence-electron chi connectivity index (χ0n) is 11.9. The first kappa shape index (κ1) is 15.0. The standard InChI is InChI=1S/C14H18N2O2S2/c1-9-6-12(20-10(9)2)7-15-14-16-11(8-19-14)4-5-13(17)18-3/h6,8H,4-5,7H2,1-3H3,(H,15,16). The van der Waals surface area contributed by atoms with Crippen molar-refractivity contribution >= 4 is 33.8 Å². The number of hydrogen-bond acceptors (Lipinski definition) is 6. The lowest BCUT2D eigenvalue weighted by molar-refractivity contribution is -0.140. The number of nitrogens with one attached hydrogen (secondary N) is 1. The van der Waals surface area contributed by atoms with E-state index < -0.39 is 0 Å². The van der Waals surface area contributed by atoms with Crippen molar-refractivity contribution in [2.75, 3.05) is 12.4 Å². The molecule has 0 radical (unpaired) electrons. The average molecular weight is 310 g/mol. The molecule has 0 aromatic carbocycles. The Labute approximate surface area is 126 Å². The van der Waals surface area contributed by atoms with Crippen molar-refractivity contribution in [2.24, 2.45) is 0 Å². The molecule has 0 aliphatic heterocycles. The molecule has 2 rings (SSSR count). The van der Waals surface area contributed by atoms with Crippen LogP contribution >= 0.6 is 22.7 Å². The SMILES string of the molecule is COC(=O)CCc1csc(NCc2cc(C)c(C)s2)n1. The molecule has 0 bridgehead atoms. The van der Waals surface area contributed by atoms with Gasteiger partial charge in [-0.2, -0.15) is 0 Å². The number of methoxy groups -OCH3 is 1. The molecule has 2 heterocycles.